The van der Waals surface area contributed by atoms with Gasteiger partial charge < -0.3 is 30.8 Å². The number of hydrogen-bond acceptors (Lipinski definition) is 8. The maximum absolute atomic E-state index is 12.5. The highest BCUT2D eigenvalue weighted by molar-refractivity contribution is 6.02. The van der Waals surface area contributed by atoms with Crippen molar-refractivity contribution in [2.75, 3.05) is 44.7 Å². The second-order valence-corrected chi connectivity index (χ2v) is 16.7. The Morgan fingerprint density at radius 1 is 0.639 bits per heavy atom. The van der Waals surface area contributed by atoms with Crippen molar-refractivity contribution in [2.45, 2.75) is 56.1 Å². The van der Waals surface area contributed by atoms with Crippen LogP contribution in [0.25, 0.3) is 44.8 Å². The van der Waals surface area contributed by atoms with Crippen LogP contribution in [0.1, 0.15) is 55.3 Å². The lowest BCUT2D eigenvalue weighted by molar-refractivity contribution is 0.208. The van der Waals surface area contributed by atoms with Gasteiger partial charge in [-0.1, -0.05) is 114 Å². The molecule has 4 aliphatic rings. The molecule has 0 atom stereocenters. The number of aromatic nitrogens is 2. The lowest BCUT2D eigenvalue weighted by Gasteiger charge is -2.38. The standard InChI is InChI=1S/C25H26N4O2.C25H26N4O/c1-29-21-15-20(17-7-4-3-5-8-17)23(27-24(21)31-16-22(29)28-30-2)18-9-11-19(12-10-18)25(26)13-6-14-25;1-28-16-21-22(29(2)24(28)30)15-20(17-7-4-3-5-8-17)23(27-21)18-9-11-19(12-10-18)25(26)13-6-14-25/h3-5,7-12,15H,6,13-14,16,26H2,1-2H3;3-5,7-12,15H,6,13-14,16,26H2,1-2H3. The molecule has 4 aromatic carbocycles. The van der Waals surface area contributed by atoms with Crippen molar-refractivity contribution in [3.05, 3.63) is 138 Å². The van der Waals surface area contributed by atoms with Crippen molar-refractivity contribution >= 4 is 23.2 Å². The zero-order valence-electron chi connectivity index (χ0n) is 35.3. The number of amides is 2. The number of carbonyl (C=O) groups excluding carboxylic acids is 1. The number of urea groups is 1. The highest BCUT2D eigenvalue weighted by Gasteiger charge is 2.36. The highest BCUT2D eigenvalue weighted by Crippen LogP contribution is 2.44. The maximum atomic E-state index is 12.5. The molecule has 11 nitrogen and oxygen atoms in total. The molecule has 2 saturated carbocycles. The van der Waals surface area contributed by atoms with Gasteiger partial charge in [-0.15, -0.1) is 0 Å². The molecule has 0 unspecified atom stereocenters. The summed E-state index contributed by atoms with van der Waals surface area (Å²) in [5.41, 5.74) is 25.9. The van der Waals surface area contributed by atoms with Crippen LogP contribution >= 0.6 is 0 Å². The Morgan fingerprint density at radius 2 is 1.13 bits per heavy atom. The molecular formula is C50H52N8O3. The zero-order chi connectivity index (χ0) is 42.3. The number of benzene rings is 4. The van der Waals surface area contributed by atoms with Crippen LogP contribution in [0.2, 0.25) is 0 Å². The Hall–Kier alpha value is -6.56. The molecule has 2 aromatic heterocycles. The Labute approximate surface area is 357 Å². The van der Waals surface area contributed by atoms with Crippen molar-refractivity contribution < 1.29 is 14.4 Å². The minimum atomic E-state index is -0.174. The molecule has 4 N–H and O–H groups in total. The van der Waals surface area contributed by atoms with Crippen LogP contribution < -0.4 is 26.0 Å². The molecule has 2 aliphatic carbocycles. The van der Waals surface area contributed by atoms with Crippen LogP contribution in [0, 0.1) is 0 Å². The minimum absolute atomic E-state index is 0.0193. The summed E-state index contributed by atoms with van der Waals surface area (Å²) in [5.74, 6) is 1.28. The minimum Gasteiger partial charge on any atom is -0.468 e. The van der Waals surface area contributed by atoms with Crippen molar-refractivity contribution in [3.8, 4) is 50.6 Å². The summed E-state index contributed by atoms with van der Waals surface area (Å²) < 4.78 is 5.93. The van der Waals surface area contributed by atoms with E-state index in [1.165, 1.54) is 31.1 Å². The Balaban J connectivity index is 0.000000156. The van der Waals surface area contributed by atoms with E-state index in [1.807, 2.05) is 55.4 Å². The summed E-state index contributed by atoms with van der Waals surface area (Å²) in [4.78, 5) is 32.8. The average molecular weight is 813 g/mol. The van der Waals surface area contributed by atoms with Crippen LogP contribution in [-0.4, -0.2) is 61.6 Å². The molecular weight excluding hydrogens is 761 g/mol. The van der Waals surface area contributed by atoms with Gasteiger partial charge in [-0.05, 0) is 72.9 Å². The van der Waals surface area contributed by atoms with E-state index in [9.17, 15) is 4.79 Å². The number of amidine groups is 1. The Kier molecular flexibility index (Phi) is 10.5. The number of nitrogens with two attached hydrogens (primary N) is 2. The summed E-state index contributed by atoms with van der Waals surface area (Å²) in [6, 6.07) is 41.8. The van der Waals surface area contributed by atoms with Gasteiger partial charge >= 0.3 is 6.03 Å². The van der Waals surface area contributed by atoms with Crippen LogP contribution in [0.15, 0.2) is 126 Å². The van der Waals surface area contributed by atoms with E-state index in [4.69, 9.17) is 31.0 Å². The van der Waals surface area contributed by atoms with E-state index < -0.39 is 0 Å². The topological polar surface area (TPSA) is 135 Å². The van der Waals surface area contributed by atoms with Gasteiger partial charge in [0.1, 0.15) is 12.8 Å². The Bertz CT molecular complexity index is 2590. The quantitative estimate of drug-likeness (QED) is 0.152. The van der Waals surface area contributed by atoms with Gasteiger partial charge in [0.05, 0.1) is 29.3 Å². The first kappa shape index (κ1) is 39.9. The molecule has 310 valence electrons. The first-order valence-corrected chi connectivity index (χ1v) is 21.0. The van der Waals surface area contributed by atoms with Crippen LogP contribution in [0.4, 0.5) is 16.2 Å². The molecule has 0 spiro atoms. The van der Waals surface area contributed by atoms with E-state index >= 15 is 0 Å². The van der Waals surface area contributed by atoms with E-state index in [0.29, 0.717) is 24.9 Å². The summed E-state index contributed by atoms with van der Waals surface area (Å²) in [6.45, 7) is 0.813. The van der Waals surface area contributed by atoms with Crippen molar-refractivity contribution in [2.24, 2.45) is 16.6 Å². The van der Waals surface area contributed by atoms with Crippen molar-refractivity contribution in [1.29, 1.82) is 0 Å². The SMILES string of the molecule is CN1Cc2nc(-c3ccc(C4(N)CCC4)cc3)c(-c3ccccc3)cc2N(C)C1=O.CON=C1COc2nc(-c3ccc(C4(N)CCC4)cc3)c(-c3ccccc3)cc2N1C. The van der Waals surface area contributed by atoms with Gasteiger partial charge in [0.25, 0.3) is 0 Å². The second kappa shape index (κ2) is 16.1. The molecule has 0 radical (unpaired) electrons. The number of fused-ring (bicyclic) bond motifs is 2. The number of hydrogen-bond donors (Lipinski definition) is 2. The van der Waals surface area contributed by atoms with Crippen LogP contribution in [-0.2, 0) is 22.5 Å². The molecule has 6 aromatic rings. The van der Waals surface area contributed by atoms with Gasteiger partial charge in [-0.25, -0.2) is 14.8 Å². The van der Waals surface area contributed by atoms with Crippen LogP contribution in [0.3, 0.4) is 0 Å². The summed E-state index contributed by atoms with van der Waals surface area (Å²) >= 11 is 0. The molecule has 2 aliphatic heterocycles. The van der Waals surface area contributed by atoms with Gasteiger partial charge in [-0.3, -0.25) is 4.90 Å². The molecule has 2 fully saturated rings. The van der Waals surface area contributed by atoms with Gasteiger partial charge in [0.2, 0.25) is 5.88 Å². The van der Waals surface area contributed by atoms with Crippen molar-refractivity contribution in [1.82, 2.24) is 14.9 Å². The summed E-state index contributed by atoms with van der Waals surface area (Å²) in [5, 5.41) is 4.07. The molecule has 11 heteroatoms. The smallest absolute Gasteiger partial charge is 0.324 e. The largest absolute Gasteiger partial charge is 0.468 e. The van der Waals surface area contributed by atoms with E-state index in [-0.39, 0.29) is 17.1 Å². The number of carbonyl (C=O) groups is 1. The average Bonchev–Trinajstić information content (AvgIpc) is 3.28. The van der Waals surface area contributed by atoms with Crippen molar-refractivity contribution in [3.63, 3.8) is 0 Å². The molecule has 0 saturated heterocycles. The van der Waals surface area contributed by atoms with Gasteiger partial charge in [-0.2, -0.15) is 0 Å². The zero-order valence-corrected chi connectivity index (χ0v) is 35.3. The highest BCUT2D eigenvalue weighted by atomic mass is 16.6. The number of likely N-dealkylation sites (N-methyl/N-ethyl adjacent to an activating group) is 1. The van der Waals surface area contributed by atoms with E-state index in [2.05, 4.69) is 90.1 Å². The third-order valence-electron chi connectivity index (χ3n) is 12.8. The van der Waals surface area contributed by atoms with Crippen LogP contribution in [0.5, 0.6) is 5.88 Å². The third-order valence-corrected chi connectivity index (χ3v) is 12.8. The normalized spacial score (nSPS) is 17.8. The van der Waals surface area contributed by atoms with E-state index in [0.717, 1.165) is 87.5 Å². The fourth-order valence-electron chi connectivity index (χ4n) is 8.72. The number of nitrogens with zero attached hydrogens (tertiary/aromatic N) is 6. The molecule has 10 rings (SSSR count). The number of anilines is 2. The fraction of sp³-hybridized carbons (Fsp3) is 0.280. The second-order valence-electron chi connectivity index (χ2n) is 16.7. The first-order chi connectivity index (χ1) is 29.5. The fourth-order valence-corrected chi connectivity index (χ4v) is 8.72. The molecule has 0 bridgehead atoms. The summed E-state index contributed by atoms with van der Waals surface area (Å²) in [6.07, 6.45) is 6.58. The number of rotatable bonds is 7. The molecule has 4 heterocycles. The molecule has 61 heavy (non-hydrogen) atoms. The predicted octanol–water partition coefficient (Wildman–Crippen LogP) is 9.30. The third kappa shape index (κ3) is 7.49. The number of oxime groups is 1. The monoisotopic (exact) mass is 812 g/mol. The Morgan fingerprint density at radius 3 is 1.61 bits per heavy atom. The van der Waals surface area contributed by atoms with E-state index in [1.54, 1.807) is 16.8 Å². The van der Waals surface area contributed by atoms with Gasteiger partial charge in [0.15, 0.2) is 12.4 Å². The first-order valence-electron chi connectivity index (χ1n) is 21.0. The lowest BCUT2D eigenvalue weighted by Crippen LogP contribution is -2.43. The number of ether oxygens (including phenoxy) is 1. The predicted molar refractivity (Wildman–Crippen MR) is 243 cm³/mol. The van der Waals surface area contributed by atoms with Gasteiger partial charge in [0, 0.05) is 54.5 Å². The summed E-state index contributed by atoms with van der Waals surface area (Å²) in [7, 11) is 7.10. The maximum Gasteiger partial charge on any atom is 0.324 e. The lowest BCUT2D eigenvalue weighted by atomic mass is 9.72. The molecule has 2 amide bonds. The number of pyridine rings is 2.